The van der Waals surface area contributed by atoms with Gasteiger partial charge >= 0.3 is 0 Å². The number of hydrogen-bond donors (Lipinski definition) is 0. The second kappa shape index (κ2) is 9.57. The van der Waals surface area contributed by atoms with Gasteiger partial charge in [0, 0.05) is 32.7 Å². The van der Waals surface area contributed by atoms with Gasteiger partial charge in [0.1, 0.15) is 0 Å². The van der Waals surface area contributed by atoms with Crippen LogP contribution in [0.25, 0.3) is 0 Å². The molecule has 0 unspecified atom stereocenters. The van der Waals surface area contributed by atoms with Crippen molar-refractivity contribution in [2.75, 3.05) is 0 Å². The Hall–Kier alpha value is 2.30. The molecule has 0 saturated heterocycles. The third-order valence-corrected chi connectivity index (χ3v) is 1.86. The fourth-order valence-electron chi connectivity index (χ4n) is 0. The summed E-state index contributed by atoms with van der Waals surface area (Å²) >= 11 is 4.15. The molecule has 0 N–H and O–H groups in total. The number of rotatable bonds is 0. The quantitative estimate of drug-likeness (QED) is 0.454. The second-order valence-electron chi connectivity index (χ2n) is 0.218. The van der Waals surface area contributed by atoms with Crippen molar-refractivity contribution in [3.63, 3.8) is 0 Å². The van der Waals surface area contributed by atoms with E-state index < -0.39 is 0 Å². The van der Waals surface area contributed by atoms with Crippen molar-refractivity contribution in [2.45, 2.75) is 0 Å². The molecule has 0 aromatic rings. The van der Waals surface area contributed by atoms with Crippen molar-refractivity contribution in [1.29, 1.82) is 0 Å². The maximum atomic E-state index is 2.76. The molecule has 0 bridgehead atoms. The van der Waals surface area contributed by atoms with Crippen molar-refractivity contribution < 1.29 is 32.7 Å². The molecule has 5 heavy (non-hydrogen) atoms. The van der Waals surface area contributed by atoms with E-state index >= 15 is 0 Å². The average molecular weight is 368 g/mol. The van der Waals surface area contributed by atoms with Crippen LogP contribution in [0, 0.1) is 4.08 Å². The summed E-state index contributed by atoms with van der Waals surface area (Å²) in [6.45, 7) is 0. The van der Waals surface area contributed by atoms with Crippen LogP contribution in [-0.2, 0) is 32.7 Å². The van der Waals surface area contributed by atoms with Crippen LogP contribution in [0.5, 0.6) is 0 Å². The third-order valence-electron chi connectivity index (χ3n) is 0.0412. The van der Waals surface area contributed by atoms with Crippen LogP contribution in [0.1, 0.15) is 0 Å². The standard InChI is InChI=1S/C2HI2.Y/c3-1-2-4;/h1H;/q-1;. The molecule has 0 aromatic heterocycles. The fraction of sp³-hybridized carbons (Fsp3) is 0. The van der Waals surface area contributed by atoms with E-state index in [-0.39, 0.29) is 32.7 Å². The van der Waals surface area contributed by atoms with Crippen LogP contribution in [0.3, 0.4) is 0 Å². The second-order valence-corrected chi connectivity index (χ2v) is 1.46. The van der Waals surface area contributed by atoms with Gasteiger partial charge in [0.25, 0.3) is 0 Å². The van der Waals surface area contributed by atoms with Gasteiger partial charge < -0.3 is 26.7 Å². The molecule has 1 radical (unpaired) electrons. The van der Waals surface area contributed by atoms with Crippen LogP contribution >= 0.6 is 45.2 Å². The van der Waals surface area contributed by atoms with Crippen molar-refractivity contribution >= 4 is 45.2 Å². The Bertz CT molecular complexity index is 22.8. The third kappa shape index (κ3) is 10.7. The van der Waals surface area contributed by atoms with E-state index in [1.807, 2.05) is 26.7 Å². The van der Waals surface area contributed by atoms with E-state index in [0.717, 1.165) is 0 Å². The predicted octanol–water partition coefficient (Wildman–Crippen LogP) is 2.13. The largest absolute Gasteiger partial charge is 0.419 e. The normalized spacial score (nSPS) is 7.60. The van der Waals surface area contributed by atoms with Gasteiger partial charge in [-0.2, -0.15) is 4.08 Å². The van der Waals surface area contributed by atoms with Gasteiger partial charge in [-0.25, -0.2) is 0 Å². The van der Waals surface area contributed by atoms with Gasteiger partial charge in [-0.3, -0.25) is 0 Å². The van der Waals surface area contributed by atoms with Crippen LogP contribution in [-0.4, -0.2) is 0 Å². The summed E-state index contributed by atoms with van der Waals surface area (Å²) in [6, 6.07) is 0. The molecule has 0 nitrogen and oxygen atoms in total. The summed E-state index contributed by atoms with van der Waals surface area (Å²) in [7, 11) is 0. The minimum Gasteiger partial charge on any atom is -0.419 e. The van der Waals surface area contributed by atoms with E-state index in [1.165, 1.54) is 0 Å². The summed E-state index contributed by atoms with van der Waals surface area (Å²) in [5, 5.41) is 0. The Balaban J connectivity index is 0. The van der Waals surface area contributed by atoms with E-state index in [0.29, 0.717) is 0 Å². The molecule has 3 heteroatoms. The Morgan fingerprint density at radius 2 is 1.80 bits per heavy atom. The molecule has 0 aromatic carbocycles. The average Bonchev–Trinajstić information content (AvgIpc) is 1.37. The van der Waals surface area contributed by atoms with Gasteiger partial charge in [0.05, 0.1) is 0 Å². The van der Waals surface area contributed by atoms with E-state index in [9.17, 15) is 0 Å². The first-order valence-corrected chi connectivity index (χ1v) is 3.02. The Morgan fingerprint density at radius 3 is 1.80 bits per heavy atom. The zero-order valence-electron chi connectivity index (χ0n) is 2.41. The number of halogens is 2. The molecule has 0 amide bonds. The minimum atomic E-state index is 0. The van der Waals surface area contributed by atoms with Crippen LogP contribution < -0.4 is 0 Å². The first-order chi connectivity index (χ1) is 1.91. The summed E-state index contributed by atoms with van der Waals surface area (Å²) in [5.41, 5.74) is 0. The van der Waals surface area contributed by atoms with E-state index in [4.69, 9.17) is 0 Å². The maximum Gasteiger partial charge on any atom is 0 e. The van der Waals surface area contributed by atoms with Gasteiger partial charge in [-0.05, 0) is 0 Å². The summed E-state index contributed by atoms with van der Waals surface area (Å²) in [6.07, 6.45) is 0. The van der Waals surface area contributed by atoms with Gasteiger partial charge in [-0.15, -0.1) is 0 Å². The topological polar surface area (TPSA) is 0 Å². The zero-order valence-corrected chi connectivity index (χ0v) is 9.56. The Labute approximate surface area is 84.3 Å². The van der Waals surface area contributed by atoms with Crippen molar-refractivity contribution in [3.05, 3.63) is 8.17 Å². The smallest absolute Gasteiger partial charge is 0 e. The first kappa shape index (κ1) is 10.3. The van der Waals surface area contributed by atoms with Crippen molar-refractivity contribution in [2.24, 2.45) is 0 Å². The van der Waals surface area contributed by atoms with E-state index in [2.05, 4.69) is 26.7 Å². The Morgan fingerprint density at radius 1 is 1.60 bits per heavy atom. The summed E-state index contributed by atoms with van der Waals surface area (Å²) in [4.78, 5) is 0. The molecule has 0 heterocycles. The van der Waals surface area contributed by atoms with E-state index in [1.54, 1.807) is 0 Å². The van der Waals surface area contributed by atoms with Gasteiger partial charge in [-0.1, -0.05) is 22.6 Å². The number of hydrogen-bond acceptors (Lipinski definition) is 0. The van der Waals surface area contributed by atoms with Crippen LogP contribution in [0.4, 0.5) is 0 Å². The molecule has 0 saturated carbocycles. The monoisotopic (exact) mass is 368 g/mol. The molecule has 0 aliphatic carbocycles. The fourth-order valence-corrected chi connectivity index (χ4v) is 0. The Kier molecular flexibility index (Phi) is 19.8. The molecule has 0 aliphatic rings. The molecule has 0 fully saturated rings. The molecule has 0 rings (SSSR count). The molecule has 0 spiro atoms. The molecule has 27 valence electrons. The maximum absolute atomic E-state index is 2.76. The van der Waals surface area contributed by atoms with Gasteiger partial charge in [0.15, 0.2) is 0 Å². The van der Waals surface area contributed by atoms with Crippen LogP contribution in [0.2, 0.25) is 0 Å². The zero-order chi connectivity index (χ0) is 3.41. The molecule has 0 atom stereocenters. The van der Waals surface area contributed by atoms with Crippen LogP contribution in [0.15, 0.2) is 4.08 Å². The predicted molar refractivity (Wildman–Crippen MR) is 35.9 cm³/mol. The van der Waals surface area contributed by atoms with Crippen molar-refractivity contribution in [1.82, 2.24) is 0 Å². The molecule has 0 aliphatic heterocycles. The SMILES string of the molecule is I[C-]=CI.[Y]. The molecular formula is C2HI2Y-. The van der Waals surface area contributed by atoms with Gasteiger partial charge in [0.2, 0.25) is 0 Å². The minimum absolute atomic E-state index is 0. The first-order valence-electron chi connectivity index (χ1n) is 0.696. The van der Waals surface area contributed by atoms with Crippen molar-refractivity contribution in [3.8, 4) is 0 Å². The molecular weight excluding hydrogens is 367 g/mol. The summed E-state index contributed by atoms with van der Waals surface area (Å²) < 4.78 is 4.59. The summed E-state index contributed by atoms with van der Waals surface area (Å²) in [5.74, 6) is 0.